The molecule has 0 spiro atoms. The van der Waals surface area contributed by atoms with Crippen LogP contribution in [0.4, 0.5) is 5.69 Å². The van der Waals surface area contributed by atoms with Gasteiger partial charge in [0.05, 0.1) is 19.3 Å². The lowest BCUT2D eigenvalue weighted by molar-refractivity contribution is -0.121. The summed E-state index contributed by atoms with van der Waals surface area (Å²) in [4.78, 5) is 18.4. The molecule has 1 fully saturated rings. The van der Waals surface area contributed by atoms with Crippen molar-refractivity contribution in [3.05, 3.63) is 23.2 Å². The van der Waals surface area contributed by atoms with E-state index in [2.05, 4.69) is 25.8 Å². The van der Waals surface area contributed by atoms with Gasteiger partial charge in [0.25, 0.3) is 0 Å². The smallest absolute Gasteiger partial charge is 0.239 e. The maximum atomic E-state index is 12.0. The predicted molar refractivity (Wildman–Crippen MR) is 111 cm³/mol. The zero-order valence-corrected chi connectivity index (χ0v) is 17.5. The van der Waals surface area contributed by atoms with Gasteiger partial charge >= 0.3 is 0 Å². The third-order valence-corrected chi connectivity index (χ3v) is 4.40. The van der Waals surface area contributed by atoms with Crippen molar-refractivity contribution in [2.75, 3.05) is 38.7 Å². The topological polar surface area (TPSA) is 78.0 Å². The van der Waals surface area contributed by atoms with Crippen LogP contribution in [-0.2, 0) is 4.79 Å². The van der Waals surface area contributed by atoms with Gasteiger partial charge in [-0.2, -0.15) is 0 Å². The summed E-state index contributed by atoms with van der Waals surface area (Å²) in [6.07, 6.45) is 0.949. The number of nitrogens with one attached hydrogen (secondary N) is 3. The Labute approximate surface area is 166 Å². The fourth-order valence-corrected chi connectivity index (χ4v) is 3.19. The molecule has 1 atom stereocenters. The molecule has 8 heteroatoms. The number of methoxy groups -OCH3 is 1. The molecular weight excluding hydrogens is 366 g/mol. The molecule has 1 amide bonds. The fraction of sp³-hybridized carbons (Fsp3) is 0.579. The van der Waals surface area contributed by atoms with Gasteiger partial charge in [-0.1, -0.05) is 11.6 Å². The first kappa shape index (κ1) is 21.2. The van der Waals surface area contributed by atoms with E-state index in [0.29, 0.717) is 11.0 Å². The number of hydrogen-bond donors (Lipinski definition) is 3. The van der Waals surface area contributed by atoms with Crippen molar-refractivity contribution in [1.82, 2.24) is 16.0 Å². The van der Waals surface area contributed by atoms with Crippen LogP contribution in [-0.4, -0.2) is 57.2 Å². The van der Waals surface area contributed by atoms with Crippen molar-refractivity contribution >= 4 is 29.2 Å². The summed E-state index contributed by atoms with van der Waals surface area (Å²) in [5.41, 5.74) is 0.735. The van der Waals surface area contributed by atoms with Gasteiger partial charge in [0.1, 0.15) is 5.75 Å². The van der Waals surface area contributed by atoms with E-state index in [1.807, 2.05) is 39.0 Å². The summed E-state index contributed by atoms with van der Waals surface area (Å²) in [6.45, 7) is 7.72. The molecule has 0 aromatic heterocycles. The molecule has 0 aliphatic carbocycles. The maximum Gasteiger partial charge on any atom is 0.239 e. The van der Waals surface area contributed by atoms with E-state index in [0.717, 1.165) is 30.9 Å². The first-order valence-electron chi connectivity index (χ1n) is 9.08. The van der Waals surface area contributed by atoms with E-state index in [4.69, 9.17) is 16.3 Å². The number of anilines is 1. The average molecular weight is 396 g/mol. The highest BCUT2D eigenvalue weighted by Gasteiger charge is 2.25. The lowest BCUT2D eigenvalue weighted by atomic mass is 10.1. The highest BCUT2D eigenvalue weighted by molar-refractivity contribution is 6.30. The number of ether oxygens (including phenoxy) is 1. The van der Waals surface area contributed by atoms with Crippen LogP contribution < -0.4 is 25.6 Å². The summed E-state index contributed by atoms with van der Waals surface area (Å²) >= 11 is 6.15. The van der Waals surface area contributed by atoms with Crippen LogP contribution in [0.3, 0.4) is 0 Å². The number of amides is 1. The Morgan fingerprint density at radius 1 is 1.41 bits per heavy atom. The van der Waals surface area contributed by atoms with Crippen LogP contribution in [0.2, 0.25) is 5.02 Å². The van der Waals surface area contributed by atoms with Gasteiger partial charge in [0.2, 0.25) is 5.91 Å². The Kier molecular flexibility index (Phi) is 7.18. The average Bonchev–Trinajstić information content (AvgIpc) is 3.05. The van der Waals surface area contributed by atoms with Crippen molar-refractivity contribution < 1.29 is 9.53 Å². The SMILES string of the molecule is CN=C(NCC(=O)NC(C)(C)C)NC1CCN(c2cc(Cl)ccc2OC)C1. The van der Waals surface area contributed by atoms with Crippen LogP contribution in [0, 0.1) is 0 Å². The molecule has 0 radical (unpaired) electrons. The maximum absolute atomic E-state index is 12.0. The molecule has 7 nitrogen and oxygen atoms in total. The summed E-state index contributed by atoms with van der Waals surface area (Å²) in [5.74, 6) is 1.35. The van der Waals surface area contributed by atoms with Crippen molar-refractivity contribution in [3.63, 3.8) is 0 Å². The van der Waals surface area contributed by atoms with Crippen molar-refractivity contribution in [2.24, 2.45) is 4.99 Å². The Morgan fingerprint density at radius 2 is 2.15 bits per heavy atom. The number of rotatable bonds is 5. The second-order valence-electron chi connectivity index (χ2n) is 7.62. The Morgan fingerprint density at radius 3 is 2.78 bits per heavy atom. The number of aliphatic imine (C=N–C) groups is 1. The lowest BCUT2D eigenvalue weighted by Crippen LogP contribution is -2.50. The van der Waals surface area contributed by atoms with E-state index in [-0.39, 0.29) is 24.0 Å². The van der Waals surface area contributed by atoms with Gasteiger partial charge in [0, 0.05) is 36.7 Å². The van der Waals surface area contributed by atoms with Crippen molar-refractivity contribution in [3.8, 4) is 5.75 Å². The number of carbonyl (C=O) groups excluding carboxylic acids is 1. The summed E-state index contributed by atoms with van der Waals surface area (Å²) in [7, 11) is 3.36. The quantitative estimate of drug-likeness (QED) is 0.525. The Hall–Kier alpha value is -2.15. The summed E-state index contributed by atoms with van der Waals surface area (Å²) < 4.78 is 5.45. The van der Waals surface area contributed by atoms with Gasteiger partial charge < -0.3 is 25.6 Å². The Bertz CT molecular complexity index is 687. The highest BCUT2D eigenvalue weighted by Crippen LogP contribution is 2.33. The van der Waals surface area contributed by atoms with Crippen molar-refractivity contribution in [1.29, 1.82) is 0 Å². The second-order valence-corrected chi connectivity index (χ2v) is 8.05. The summed E-state index contributed by atoms with van der Waals surface area (Å²) in [6, 6.07) is 5.84. The van der Waals surface area contributed by atoms with Gasteiger partial charge in [0.15, 0.2) is 5.96 Å². The molecule has 1 aromatic carbocycles. The number of guanidine groups is 1. The van der Waals surface area contributed by atoms with E-state index in [9.17, 15) is 4.79 Å². The molecule has 27 heavy (non-hydrogen) atoms. The predicted octanol–water partition coefficient (Wildman–Crippen LogP) is 2.01. The molecule has 0 saturated carbocycles. The minimum absolute atomic E-state index is 0.0674. The van der Waals surface area contributed by atoms with Crippen LogP contribution in [0.5, 0.6) is 5.75 Å². The zero-order chi connectivity index (χ0) is 20.0. The minimum Gasteiger partial charge on any atom is -0.495 e. The molecule has 150 valence electrons. The molecular formula is C19H30ClN5O2. The van der Waals surface area contributed by atoms with Crippen LogP contribution >= 0.6 is 11.6 Å². The highest BCUT2D eigenvalue weighted by atomic mass is 35.5. The molecule has 1 saturated heterocycles. The number of halogens is 1. The van der Waals surface area contributed by atoms with Gasteiger partial charge in [-0.15, -0.1) is 0 Å². The first-order valence-corrected chi connectivity index (χ1v) is 9.46. The molecule has 1 unspecified atom stereocenters. The largest absolute Gasteiger partial charge is 0.495 e. The van der Waals surface area contributed by atoms with Gasteiger partial charge in [-0.3, -0.25) is 9.79 Å². The van der Waals surface area contributed by atoms with Crippen LogP contribution in [0.1, 0.15) is 27.2 Å². The number of benzene rings is 1. The molecule has 1 heterocycles. The summed E-state index contributed by atoms with van der Waals surface area (Å²) in [5, 5.41) is 10.1. The monoisotopic (exact) mass is 395 g/mol. The Balaban J connectivity index is 1.89. The van der Waals surface area contributed by atoms with Gasteiger partial charge in [-0.25, -0.2) is 0 Å². The van der Waals surface area contributed by atoms with Crippen molar-refractivity contribution in [2.45, 2.75) is 38.8 Å². The zero-order valence-electron chi connectivity index (χ0n) is 16.7. The molecule has 1 aliphatic heterocycles. The minimum atomic E-state index is -0.252. The number of carbonyl (C=O) groups is 1. The lowest BCUT2D eigenvalue weighted by Gasteiger charge is -2.23. The normalized spacial score (nSPS) is 17.6. The van der Waals surface area contributed by atoms with Crippen LogP contribution in [0.15, 0.2) is 23.2 Å². The van der Waals surface area contributed by atoms with Crippen LogP contribution in [0.25, 0.3) is 0 Å². The third kappa shape index (κ3) is 6.50. The third-order valence-electron chi connectivity index (χ3n) is 4.17. The molecule has 2 rings (SSSR count). The van der Waals surface area contributed by atoms with E-state index >= 15 is 0 Å². The second kappa shape index (κ2) is 9.17. The molecule has 0 bridgehead atoms. The fourth-order valence-electron chi connectivity index (χ4n) is 3.02. The molecule has 3 N–H and O–H groups in total. The number of nitrogens with zero attached hydrogens (tertiary/aromatic N) is 2. The van der Waals surface area contributed by atoms with E-state index in [1.165, 1.54) is 0 Å². The van der Waals surface area contributed by atoms with E-state index in [1.54, 1.807) is 14.2 Å². The molecule has 1 aromatic rings. The van der Waals surface area contributed by atoms with E-state index < -0.39 is 0 Å². The standard InChI is InChI=1S/C19H30ClN5O2/c1-19(2,3)24-17(26)11-22-18(21-4)23-14-8-9-25(12-14)15-10-13(20)6-7-16(15)27-5/h6-7,10,14H,8-9,11-12H2,1-5H3,(H,24,26)(H2,21,22,23). The van der Waals surface area contributed by atoms with Gasteiger partial charge in [-0.05, 0) is 45.4 Å². The first-order chi connectivity index (χ1) is 12.7. The molecule has 1 aliphatic rings. The number of hydrogen-bond acceptors (Lipinski definition) is 4.